The molecular weight excluding hydrogens is 266 g/mol. The van der Waals surface area contributed by atoms with Crippen molar-refractivity contribution >= 4 is 11.8 Å². The molecule has 0 aliphatic heterocycles. The molecule has 0 bridgehead atoms. The van der Waals surface area contributed by atoms with Crippen LogP contribution in [0.4, 0.5) is 0 Å². The number of hydrogen-bond donors (Lipinski definition) is 3. The number of hydrogen-bond acceptors (Lipinski definition) is 3. The molecule has 4 N–H and O–H groups in total. The third kappa shape index (κ3) is 3.82. The Morgan fingerprint density at radius 1 is 1.33 bits per heavy atom. The number of rotatable bonds is 5. The van der Waals surface area contributed by atoms with Gasteiger partial charge in [0.1, 0.15) is 0 Å². The minimum absolute atomic E-state index is 0.0298. The standard InChI is InChI=1S/C16H23N3O2/c1-10(2)15(17)16(21)18-9-14(20)19-13-8-7-11-5-3-4-6-12(11)13/h3-6,10,13,15H,7-9,17H2,1-2H3,(H,18,21)(H,19,20)/t13?,15-/m0/s1. The van der Waals surface area contributed by atoms with Gasteiger partial charge in [-0.25, -0.2) is 0 Å². The second-order valence-electron chi connectivity index (χ2n) is 5.85. The highest BCUT2D eigenvalue weighted by Gasteiger charge is 2.24. The molecule has 0 aromatic heterocycles. The second kappa shape index (κ2) is 6.72. The van der Waals surface area contributed by atoms with Crippen molar-refractivity contribution in [3.8, 4) is 0 Å². The van der Waals surface area contributed by atoms with E-state index in [4.69, 9.17) is 5.73 Å². The van der Waals surface area contributed by atoms with Gasteiger partial charge in [-0.3, -0.25) is 9.59 Å². The summed E-state index contributed by atoms with van der Waals surface area (Å²) in [6.45, 7) is 3.72. The van der Waals surface area contributed by atoms with Crippen molar-refractivity contribution in [2.45, 2.75) is 38.8 Å². The molecule has 1 aromatic rings. The lowest BCUT2D eigenvalue weighted by Crippen LogP contribution is -2.47. The molecule has 0 heterocycles. The summed E-state index contributed by atoms with van der Waals surface area (Å²) in [5, 5.41) is 5.55. The highest BCUT2D eigenvalue weighted by Crippen LogP contribution is 2.30. The van der Waals surface area contributed by atoms with Crippen molar-refractivity contribution in [2.24, 2.45) is 11.7 Å². The Morgan fingerprint density at radius 2 is 2.05 bits per heavy atom. The third-order valence-electron chi connectivity index (χ3n) is 3.91. The second-order valence-corrected chi connectivity index (χ2v) is 5.85. The number of amides is 2. The topological polar surface area (TPSA) is 84.2 Å². The van der Waals surface area contributed by atoms with E-state index in [1.165, 1.54) is 11.1 Å². The van der Waals surface area contributed by atoms with E-state index >= 15 is 0 Å². The number of carbonyl (C=O) groups excluding carboxylic acids is 2. The van der Waals surface area contributed by atoms with Crippen LogP contribution >= 0.6 is 0 Å². The first-order valence-corrected chi connectivity index (χ1v) is 7.39. The van der Waals surface area contributed by atoms with E-state index in [0.717, 1.165) is 12.8 Å². The summed E-state index contributed by atoms with van der Waals surface area (Å²) < 4.78 is 0. The molecule has 5 nitrogen and oxygen atoms in total. The van der Waals surface area contributed by atoms with Crippen molar-refractivity contribution in [3.05, 3.63) is 35.4 Å². The lowest BCUT2D eigenvalue weighted by molar-refractivity contribution is -0.127. The van der Waals surface area contributed by atoms with Crippen LogP contribution < -0.4 is 16.4 Å². The summed E-state index contributed by atoms with van der Waals surface area (Å²) >= 11 is 0. The number of benzene rings is 1. The zero-order chi connectivity index (χ0) is 15.4. The van der Waals surface area contributed by atoms with E-state index in [0.29, 0.717) is 0 Å². The molecule has 2 rings (SSSR count). The molecule has 0 saturated carbocycles. The van der Waals surface area contributed by atoms with E-state index in [1.54, 1.807) is 0 Å². The van der Waals surface area contributed by atoms with Gasteiger partial charge in [-0.05, 0) is 29.9 Å². The molecule has 0 radical (unpaired) electrons. The molecule has 2 amide bonds. The summed E-state index contributed by atoms with van der Waals surface area (Å²) in [5.74, 6) is -0.414. The molecule has 1 aromatic carbocycles. The fourth-order valence-corrected chi connectivity index (χ4v) is 2.54. The van der Waals surface area contributed by atoms with Gasteiger partial charge < -0.3 is 16.4 Å². The smallest absolute Gasteiger partial charge is 0.239 e. The Balaban J connectivity index is 1.82. The van der Waals surface area contributed by atoms with Crippen LogP contribution in [0, 0.1) is 5.92 Å². The number of nitrogens with one attached hydrogen (secondary N) is 2. The maximum Gasteiger partial charge on any atom is 0.239 e. The molecule has 0 saturated heterocycles. The fraction of sp³-hybridized carbons (Fsp3) is 0.500. The van der Waals surface area contributed by atoms with Crippen molar-refractivity contribution in [3.63, 3.8) is 0 Å². The Morgan fingerprint density at radius 3 is 2.76 bits per heavy atom. The third-order valence-corrected chi connectivity index (χ3v) is 3.91. The molecule has 0 fully saturated rings. The number of carbonyl (C=O) groups is 2. The summed E-state index contributed by atoms with van der Waals surface area (Å²) in [7, 11) is 0. The Hall–Kier alpha value is -1.88. The summed E-state index contributed by atoms with van der Waals surface area (Å²) in [6.07, 6.45) is 1.89. The monoisotopic (exact) mass is 289 g/mol. The minimum Gasteiger partial charge on any atom is -0.348 e. The van der Waals surface area contributed by atoms with Gasteiger partial charge in [0.25, 0.3) is 0 Å². The highest BCUT2D eigenvalue weighted by atomic mass is 16.2. The van der Waals surface area contributed by atoms with Crippen molar-refractivity contribution in [1.82, 2.24) is 10.6 Å². The summed E-state index contributed by atoms with van der Waals surface area (Å²) in [6, 6.07) is 7.59. The van der Waals surface area contributed by atoms with Crippen LogP contribution in [0.15, 0.2) is 24.3 Å². The van der Waals surface area contributed by atoms with E-state index in [9.17, 15) is 9.59 Å². The molecule has 2 atom stereocenters. The zero-order valence-corrected chi connectivity index (χ0v) is 12.6. The van der Waals surface area contributed by atoms with Gasteiger partial charge in [0.15, 0.2) is 0 Å². The van der Waals surface area contributed by atoms with Crippen LogP contribution in [0.3, 0.4) is 0 Å². The summed E-state index contributed by atoms with van der Waals surface area (Å²) in [5.41, 5.74) is 8.19. The molecule has 1 unspecified atom stereocenters. The maximum absolute atomic E-state index is 11.9. The number of aryl methyl sites for hydroxylation is 1. The van der Waals surface area contributed by atoms with E-state index in [2.05, 4.69) is 16.7 Å². The number of fused-ring (bicyclic) bond motifs is 1. The van der Waals surface area contributed by atoms with Gasteiger partial charge in [0.05, 0.1) is 18.6 Å². The van der Waals surface area contributed by atoms with Crippen LogP contribution in [0.5, 0.6) is 0 Å². The first kappa shape index (κ1) is 15.5. The van der Waals surface area contributed by atoms with Gasteiger partial charge in [0.2, 0.25) is 11.8 Å². The van der Waals surface area contributed by atoms with Crippen LogP contribution in [0.25, 0.3) is 0 Å². The van der Waals surface area contributed by atoms with Crippen LogP contribution in [-0.4, -0.2) is 24.4 Å². The lowest BCUT2D eigenvalue weighted by Gasteiger charge is -2.17. The normalized spacial score (nSPS) is 18.2. The first-order valence-electron chi connectivity index (χ1n) is 7.39. The SMILES string of the molecule is CC(C)[C@H](N)C(=O)NCC(=O)NC1CCc2ccccc21. The largest absolute Gasteiger partial charge is 0.348 e. The van der Waals surface area contributed by atoms with Gasteiger partial charge >= 0.3 is 0 Å². The molecular formula is C16H23N3O2. The van der Waals surface area contributed by atoms with Crippen molar-refractivity contribution in [1.29, 1.82) is 0 Å². The van der Waals surface area contributed by atoms with Gasteiger partial charge in [-0.15, -0.1) is 0 Å². The quantitative estimate of drug-likeness (QED) is 0.752. The highest BCUT2D eigenvalue weighted by molar-refractivity contribution is 5.87. The minimum atomic E-state index is -0.579. The number of nitrogens with two attached hydrogens (primary N) is 1. The lowest BCUT2D eigenvalue weighted by atomic mass is 10.1. The Bertz CT molecular complexity index is 528. The molecule has 5 heteroatoms. The molecule has 21 heavy (non-hydrogen) atoms. The van der Waals surface area contributed by atoms with E-state index in [1.807, 2.05) is 32.0 Å². The Kier molecular flexibility index (Phi) is 4.96. The zero-order valence-electron chi connectivity index (χ0n) is 12.6. The maximum atomic E-state index is 11.9. The first-order chi connectivity index (χ1) is 9.99. The van der Waals surface area contributed by atoms with Crippen LogP contribution in [0.1, 0.15) is 37.4 Å². The van der Waals surface area contributed by atoms with Crippen molar-refractivity contribution in [2.75, 3.05) is 6.54 Å². The van der Waals surface area contributed by atoms with Gasteiger partial charge in [-0.1, -0.05) is 38.1 Å². The average molecular weight is 289 g/mol. The van der Waals surface area contributed by atoms with Gasteiger partial charge in [0, 0.05) is 0 Å². The van der Waals surface area contributed by atoms with Crippen LogP contribution in [-0.2, 0) is 16.0 Å². The summed E-state index contributed by atoms with van der Waals surface area (Å²) in [4.78, 5) is 23.6. The molecule has 114 valence electrons. The van der Waals surface area contributed by atoms with Crippen LogP contribution in [0.2, 0.25) is 0 Å². The predicted molar refractivity (Wildman–Crippen MR) is 81.5 cm³/mol. The van der Waals surface area contributed by atoms with Gasteiger partial charge in [-0.2, -0.15) is 0 Å². The molecule has 1 aliphatic carbocycles. The fourth-order valence-electron chi connectivity index (χ4n) is 2.54. The van der Waals surface area contributed by atoms with E-state index < -0.39 is 6.04 Å². The molecule has 0 spiro atoms. The van der Waals surface area contributed by atoms with Crippen molar-refractivity contribution < 1.29 is 9.59 Å². The average Bonchev–Trinajstić information content (AvgIpc) is 2.87. The van der Waals surface area contributed by atoms with E-state index in [-0.39, 0.29) is 30.3 Å². The molecule has 1 aliphatic rings. The predicted octanol–water partition coefficient (Wildman–Crippen LogP) is 0.890. The Labute approximate surface area is 125 Å².